The molecule has 2 rings (SSSR count). The number of aromatic amines is 1. The Morgan fingerprint density at radius 2 is 2.50 bits per heavy atom. The molecule has 20 heavy (non-hydrogen) atoms. The summed E-state index contributed by atoms with van der Waals surface area (Å²) in [5.41, 5.74) is 0.897. The van der Waals surface area contributed by atoms with E-state index in [1.54, 1.807) is 17.2 Å². The van der Waals surface area contributed by atoms with E-state index in [4.69, 9.17) is 14.7 Å². The van der Waals surface area contributed by atoms with E-state index in [1.165, 1.54) is 0 Å². The second-order valence-electron chi connectivity index (χ2n) is 5.04. The molecule has 1 aromatic heterocycles. The van der Waals surface area contributed by atoms with Crippen molar-refractivity contribution in [1.82, 2.24) is 9.88 Å². The van der Waals surface area contributed by atoms with Gasteiger partial charge in [0.05, 0.1) is 31.0 Å². The maximum atomic E-state index is 12.3. The maximum absolute atomic E-state index is 12.3. The lowest BCUT2D eigenvalue weighted by atomic mass is 10.2. The number of nitrogens with one attached hydrogen (secondary N) is 1. The van der Waals surface area contributed by atoms with Crippen LogP contribution in [0, 0.1) is 11.3 Å². The molecule has 1 fully saturated rings. The first-order valence-corrected chi connectivity index (χ1v) is 6.71. The number of aromatic nitrogens is 1. The van der Waals surface area contributed by atoms with Gasteiger partial charge in [-0.25, -0.2) is 0 Å². The number of carbonyl (C=O) groups is 1. The zero-order valence-electron chi connectivity index (χ0n) is 11.8. The molecule has 1 atom stereocenters. The second kappa shape index (κ2) is 6.55. The van der Waals surface area contributed by atoms with Gasteiger partial charge in [0.1, 0.15) is 11.8 Å². The summed E-state index contributed by atoms with van der Waals surface area (Å²) in [6, 6.07) is 3.54. The SMILES string of the molecule is CC(C)OCC1CN(C(=O)c2c[nH]c(C#N)c2)CCO1. The molecule has 6 heteroatoms. The molecular weight excluding hydrogens is 258 g/mol. The molecule has 1 N–H and O–H groups in total. The van der Waals surface area contributed by atoms with E-state index >= 15 is 0 Å². The molecule has 1 aliphatic rings. The Morgan fingerprint density at radius 1 is 1.70 bits per heavy atom. The van der Waals surface area contributed by atoms with E-state index in [9.17, 15) is 4.79 Å². The molecule has 2 heterocycles. The Bertz CT molecular complexity index is 504. The molecule has 0 aromatic carbocycles. The molecule has 0 aliphatic carbocycles. The number of nitrogens with zero attached hydrogens (tertiary/aromatic N) is 2. The summed E-state index contributed by atoms with van der Waals surface area (Å²) in [7, 11) is 0. The van der Waals surface area contributed by atoms with Gasteiger partial charge in [0.2, 0.25) is 0 Å². The summed E-state index contributed by atoms with van der Waals surface area (Å²) in [6.45, 7) is 6.00. The lowest BCUT2D eigenvalue weighted by molar-refractivity contribution is -0.0725. The summed E-state index contributed by atoms with van der Waals surface area (Å²) in [5, 5.41) is 8.76. The van der Waals surface area contributed by atoms with Crippen LogP contribution in [0.2, 0.25) is 0 Å². The number of ether oxygens (including phenoxy) is 2. The highest BCUT2D eigenvalue weighted by Gasteiger charge is 2.25. The van der Waals surface area contributed by atoms with E-state index < -0.39 is 0 Å². The zero-order valence-corrected chi connectivity index (χ0v) is 11.8. The topological polar surface area (TPSA) is 78.4 Å². The van der Waals surface area contributed by atoms with Crippen LogP contribution in [0.4, 0.5) is 0 Å². The molecule has 0 spiro atoms. The van der Waals surface area contributed by atoms with Crippen molar-refractivity contribution in [3.8, 4) is 6.07 Å². The number of morpholine rings is 1. The van der Waals surface area contributed by atoms with Crippen LogP contribution in [0.3, 0.4) is 0 Å². The van der Waals surface area contributed by atoms with E-state index in [2.05, 4.69) is 4.98 Å². The predicted molar refractivity (Wildman–Crippen MR) is 72.2 cm³/mol. The van der Waals surface area contributed by atoms with Gasteiger partial charge < -0.3 is 19.4 Å². The van der Waals surface area contributed by atoms with Crippen molar-refractivity contribution >= 4 is 5.91 Å². The van der Waals surface area contributed by atoms with Gasteiger partial charge in [0.25, 0.3) is 5.91 Å². The van der Waals surface area contributed by atoms with Crippen LogP contribution >= 0.6 is 0 Å². The molecule has 0 bridgehead atoms. The van der Waals surface area contributed by atoms with Crippen LogP contribution in [0.5, 0.6) is 0 Å². The Balaban J connectivity index is 1.94. The molecule has 1 aliphatic heterocycles. The smallest absolute Gasteiger partial charge is 0.255 e. The van der Waals surface area contributed by atoms with Crippen LogP contribution in [-0.4, -0.2) is 54.3 Å². The number of carbonyl (C=O) groups excluding carboxylic acids is 1. The minimum atomic E-state index is -0.0931. The van der Waals surface area contributed by atoms with E-state index in [-0.39, 0.29) is 18.1 Å². The number of nitriles is 1. The minimum Gasteiger partial charge on any atom is -0.376 e. The number of hydrogen-bond donors (Lipinski definition) is 1. The lowest BCUT2D eigenvalue weighted by Gasteiger charge is -2.33. The molecule has 1 aromatic rings. The lowest BCUT2D eigenvalue weighted by Crippen LogP contribution is -2.47. The van der Waals surface area contributed by atoms with E-state index in [0.717, 1.165) is 0 Å². The summed E-state index contributed by atoms with van der Waals surface area (Å²) < 4.78 is 11.1. The quantitative estimate of drug-likeness (QED) is 0.895. The van der Waals surface area contributed by atoms with Gasteiger partial charge >= 0.3 is 0 Å². The Kier molecular flexibility index (Phi) is 4.77. The predicted octanol–water partition coefficient (Wildman–Crippen LogP) is 1.15. The third kappa shape index (κ3) is 3.59. The van der Waals surface area contributed by atoms with Crippen molar-refractivity contribution in [3.05, 3.63) is 23.5 Å². The summed E-state index contributed by atoms with van der Waals surface area (Å²) >= 11 is 0. The molecule has 6 nitrogen and oxygen atoms in total. The first-order valence-electron chi connectivity index (χ1n) is 6.71. The molecule has 108 valence electrons. The fourth-order valence-corrected chi connectivity index (χ4v) is 2.07. The van der Waals surface area contributed by atoms with Crippen molar-refractivity contribution < 1.29 is 14.3 Å². The fourth-order valence-electron chi connectivity index (χ4n) is 2.07. The summed E-state index contributed by atoms with van der Waals surface area (Å²) in [4.78, 5) is 16.8. The van der Waals surface area contributed by atoms with Crippen molar-refractivity contribution in [3.63, 3.8) is 0 Å². The van der Waals surface area contributed by atoms with Crippen molar-refractivity contribution in [1.29, 1.82) is 5.26 Å². The fraction of sp³-hybridized carbons (Fsp3) is 0.571. The van der Waals surface area contributed by atoms with Crippen LogP contribution in [0.1, 0.15) is 29.9 Å². The molecular formula is C14H19N3O3. The zero-order chi connectivity index (χ0) is 14.5. The number of rotatable bonds is 4. The van der Waals surface area contributed by atoms with Gasteiger partial charge in [-0.2, -0.15) is 5.26 Å². The number of H-pyrrole nitrogens is 1. The highest BCUT2D eigenvalue weighted by Crippen LogP contribution is 2.12. The number of hydrogen-bond acceptors (Lipinski definition) is 4. The van der Waals surface area contributed by atoms with Crippen molar-refractivity contribution in [2.24, 2.45) is 0 Å². The van der Waals surface area contributed by atoms with Crippen molar-refractivity contribution in [2.75, 3.05) is 26.3 Å². The monoisotopic (exact) mass is 277 g/mol. The molecule has 1 unspecified atom stereocenters. The standard InChI is InChI=1S/C14H19N3O3/c1-10(2)20-9-13-8-17(3-4-19-13)14(18)11-5-12(6-15)16-7-11/h5,7,10,13,16H,3-4,8-9H2,1-2H3. The van der Waals surface area contributed by atoms with E-state index in [1.807, 2.05) is 19.9 Å². The summed E-state index contributed by atoms with van der Waals surface area (Å²) in [6.07, 6.45) is 1.62. The van der Waals surface area contributed by atoms with Crippen LogP contribution in [-0.2, 0) is 9.47 Å². The van der Waals surface area contributed by atoms with E-state index in [0.29, 0.717) is 37.6 Å². The van der Waals surface area contributed by atoms with Gasteiger partial charge in [-0.15, -0.1) is 0 Å². The van der Waals surface area contributed by atoms with Gasteiger partial charge in [-0.1, -0.05) is 0 Å². The highest BCUT2D eigenvalue weighted by atomic mass is 16.5. The van der Waals surface area contributed by atoms with Crippen LogP contribution < -0.4 is 0 Å². The van der Waals surface area contributed by atoms with Crippen LogP contribution in [0.25, 0.3) is 0 Å². The number of amides is 1. The third-order valence-corrected chi connectivity index (χ3v) is 3.09. The molecule has 0 radical (unpaired) electrons. The minimum absolute atomic E-state index is 0.0828. The summed E-state index contributed by atoms with van der Waals surface area (Å²) in [5.74, 6) is -0.0828. The van der Waals surface area contributed by atoms with Crippen molar-refractivity contribution in [2.45, 2.75) is 26.1 Å². The molecule has 1 amide bonds. The third-order valence-electron chi connectivity index (χ3n) is 3.09. The normalized spacial score (nSPS) is 19.1. The average Bonchev–Trinajstić information content (AvgIpc) is 2.93. The Hall–Kier alpha value is -1.84. The highest BCUT2D eigenvalue weighted by molar-refractivity contribution is 5.94. The first-order chi connectivity index (χ1) is 9.60. The molecule has 1 saturated heterocycles. The van der Waals surface area contributed by atoms with Crippen LogP contribution in [0.15, 0.2) is 12.3 Å². The first kappa shape index (κ1) is 14.6. The molecule has 0 saturated carbocycles. The van der Waals surface area contributed by atoms with Gasteiger partial charge in [0, 0.05) is 19.3 Å². The second-order valence-corrected chi connectivity index (χ2v) is 5.04. The van der Waals surface area contributed by atoms with Gasteiger partial charge in [-0.3, -0.25) is 4.79 Å². The van der Waals surface area contributed by atoms with Gasteiger partial charge in [0.15, 0.2) is 0 Å². The largest absolute Gasteiger partial charge is 0.376 e. The van der Waals surface area contributed by atoms with Gasteiger partial charge in [-0.05, 0) is 19.9 Å². The average molecular weight is 277 g/mol. The maximum Gasteiger partial charge on any atom is 0.255 e. The Morgan fingerprint density at radius 3 is 3.15 bits per heavy atom. The Labute approximate surface area is 118 Å².